The van der Waals surface area contributed by atoms with Gasteiger partial charge in [-0.15, -0.1) is 0 Å². The second-order valence-electron chi connectivity index (χ2n) is 6.05. The Balaban J connectivity index is 2.32. The molecule has 2 heteroatoms. The molecule has 118 valence electrons. The summed E-state index contributed by atoms with van der Waals surface area (Å²) in [6, 6.07) is 10.7. The monoisotopic (exact) mass is 296 g/mol. The first-order chi connectivity index (χ1) is 10.6. The van der Waals surface area contributed by atoms with E-state index in [2.05, 4.69) is 80.5 Å². The van der Waals surface area contributed by atoms with Gasteiger partial charge in [0.1, 0.15) is 0 Å². The molecule has 0 aliphatic carbocycles. The minimum Gasteiger partial charge on any atom is -0.347 e. The predicted octanol–water partition coefficient (Wildman–Crippen LogP) is 4.63. The summed E-state index contributed by atoms with van der Waals surface area (Å²) >= 11 is 0. The van der Waals surface area contributed by atoms with Crippen molar-refractivity contribution in [1.82, 2.24) is 10.2 Å². The summed E-state index contributed by atoms with van der Waals surface area (Å²) in [5.74, 6) is 0. The lowest BCUT2D eigenvalue weighted by Gasteiger charge is -2.30. The Morgan fingerprint density at radius 2 is 1.91 bits per heavy atom. The zero-order chi connectivity index (χ0) is 15.9. The number of hydrogen-bond donors (Lipinski definition) is 1. The molecule has 0 aromatic heterocycles. The van der Waals surface area contributed by atoms with Gasteiger partial charge in [-0.05, 0) is 44.4 Å². The summed E-state index contributed by atoms with van der Waals surface area (Å²) in [5, 5.41) is 3.45. The van der Waals surface area contributed by atoms with E-state index in [-0.39, 0.29) is 0 Å². The molecule has 1 aliphatic rings. The molecule has 0 atom stereocenters. The van der Waals surface area contributed by atoms with Crippen LogP contribution in [0.5, 0.6) is 0 Å². The fourth-order valence-corrected chi connectivity index (χ4v) is 2.75. The van der Waals surface area contributed by atoms with Crippen molar-refractivity contribution in [3.05, 3.63) is 70.6 Å². The highest BCUT2D eigenvalue weighted by molar-refractivity contribution is 5.29. The van der Waals surface area contributed by atoms with Crippen molar-refractivity contribution in [2.45, 2.75) is 40.7 Å². The lowest BCUT2D eigenvalue weighted by Crippen LogP contribution is -2.30. The Labute approximate surface area is 135 Å². The zero-order valence-electron chi connectivity index (χ0n) is 14.3. The maximum Gasteiger partial charge on any atom is 0.0472 e. The van der Waals surface area contributed by atoms with E-state index in [1.54, 1.807) is 0 Å². The van der Waals surface area contributed by atoms with E-state index >= 15 is 0 Å². The number of hydrogen-bond acceptors (Lipinski definition) is 2. The normalized spacial score (nSPS) is 16.9. The van der Waals surface area contributed by atoms with Gasteiger partial charge in [0.15, 0.2) is 0 Å². The molecule has 0 bridgehead atoms. The van der Waals surface area contributed by atoms with Crippen LogP contribution in [0.4, 0.5) is 0 Å². The first-order valence-corrected chi connectivity index (χ1v) is 8.13. The Kier molecular flexibility index (Phi) is 6.02. The second kappa shape index (κ2) is 8.00. The van der Waals surface area contributed by atoms with Gasteiger partial charge < -0.3 is 10.2 Å². The quantitative estimate of drug-likeness (QED) is 0.797. The lowest BCUT2D eigenvalue weighted by atomic mass is 10.1. The van der Waals surface area contributed by atoms with E-state index in [4.69, 9.17) is 0 Å². The highest BCUT2D eigenvalue weighted by Crippen LogP contribution is 2.22. The average Bonchev–Trinajstić information content (AvgIpc) is 2.55. The molecule has 0 saturated carbocycles. The van der Waals surface area contributed by atoms with Crippen molar-refractivity contribution in [3.63, 3.8) is 0 Å². The van der Waals surface area contributed by atoms with E-state index < -0.39 is 0 Å². The lowest BCUT2D eigenvalue weighted by molar-refractivity contribution is 0.414. The number of rotatable bonds is 5. The summed E-state index contributed by atoms with van der Waals surface area (Å²) in [6.45, 7) is 11.7. The van der Waals surface area contributed by atoms with Gasteiger partial charge >= 0.3 is 0 Å². The maximum atomic E-state index is 3.45. The van der Waals surface area contributed by atoms with Crippen LogP contribution in [-0.4, -0.2) is 18.0 Å². The predicted molar refractivity (Wildman–Crippen MR) is 95.4 cm³/mol. The Morgan fingerprint density at radius 3 is 2.55 bits per heavy atom. The van der Waals surface area contributed by atoms with Gasteiger partial charge in [0.2, 0.25) is 0 Å². The van der Waals surface area contributed by atoms with Gasteiger partial charge in [-0.25, -0.2) is 0 Å². The van der Waals surface area contributed by atoms with Gasteiger partial charge in [-0.3, -0.25) is 0 Å². The van der Waals surface area contributed by atoms with Gasteiger partial charge in [-0.1, -0.05) is 42.0 Å². The van der Waals surface area contributed by atoms with E-state index in [1.165, 1.54) is 28.0 Å². The van der Waals surface area contributed by atoms with Gasteiger partial charge in [0, 0.05) is 38.0 Å². The number of allylic oxidation sites excluding steroid dienone is 3. The number of nitrogens with zero attached hydrogens (tertiary/aromatic N) is 1. The van der Waals surface area contributed by atoms with E-state index in [9.17, 15) is 0 Å². The Morgan fingerprint density at radius 1 is 1.18 bits per heavy atom. The molecular formula is C20H28N2. The minimum atomic E-state index is 0.932. The first kappa shape index (κ1) is 16.6. The van der Waals surface area contributed by atoms with Crippen LogP contribution < -0.4 is 5.32 Å². The largest absolute Gasteiger partial charge is 0.347 e. The molecular weight excluding hydrogens is 268 g/mol. The van der Waals surface area contributed by atoms with Gasteiger partial charge in [0.25, 0.3) is 0 Å². The number of benzene rings is 1. The Hall–Kier alpha value is -1.80. The molecule has 2 rings (SSSR count). The minimum absolute atomic E-state index is 0.932. The van der Waals surface area contributed by atoms with Gasteiger partial charge in [-0.2, -0.15) is 0 Å². The third-order valence-corrected chi connectivity index (χ3v) is 4.37. The summed E-state index contributed by atoms with van der Waals surface area (Å²) in [7, 11) is 0. The third-order valence-electron chi connectivity index (χ3n) is 4.37. The Bertz CT molecular complexity index is 579. The zero-order valence-corrected chi connectivity index (χ0v) is 14.3. The van der Waals surface area contributed by atoms with Crippen LogP contribution in [0, 0.1) is 0 Å². The molecule has 1 aliphatic heterocycles. The summed E-state index contributed by atoms with van der Waals surface area (Å²) in [5.41, 5.74) is 6.93. The topological polar surface area (TPSA) is 15.3 Å². The molecule has 22 heavy (non-hydrogen) atoms. The molecule has 0 spiro atoms. The summed E-state index contributed by atoms with van der Waals surface area (Å²) in [4.78, 5) is 2.44. The molecule has 0 saturated heterocycles. The van der Waals surface area contributed by atoms with Crippen LogP contribution in [-0.2, 0) is 6.54 Å². The molecule has 0 radical (unpaired) electrons. The van der Waals surface area contributed by atoms with Crippen LogP contribution in [0.1, 0.15) is 39.7 Å². The van der Waals surface area contributed by atoms with Crippen molar-refractivity contribution >= 4 is 0 Å². The van der Waals surface area contributed by atoms with E-state index in [0.29, 0.717) is 0 Å². The highest BCUT2D eigenvalue weighted by Gasteiger charge is 2.15. The third kappa shape index (κ3) is 4.35. The van der Waals surface area contributed by atoms with Crippen LogP contribution in [0.2, 0.25) is 0 Å². The van der Waals surface area contributed by atoms with E-state index in [1.807, 2.05) is 0 Å². The first-order valence-electron chi connectivity index (χ1n) is 8.13. The second-order valence-corrected chi connectivity index (χ2v) is 6.05. The van der Waals surface area contributed by atoms with Crippen molar-refractivity contribution in [2.75, 3.05) is 13.1 Å². The average molecular weight is 296 g/mol. The molecule has 2 nitrogen and oxygen atoms in total. The highest BCUT2D eigenvalue weighted by atomic mass is 15.1. The summed E-state index contributed by atoms with van der Waals surface area (Å²) < 4.78 is 0. The van der Waals surface area contributed by atoms with E-state index in [0.717, 1.165) is 26.1 Å². The SMILES string of the molecule is C/C=C(C)/C(C)=C/N(Cc1ccccc1)C1=C(C)CNCC1. The van der Waals surface area contributed by atoms with Crippen LogP contribution >= 0.6 is 0 Å². The van der Waals surface area contributed by atoms with Crippen molar-refractivity contribution in [2.24, 2.45) is 0 Å². The number of nitrogens with one attached hydrogen (secondary N) is 1. The standard InChI is InChI=1S/C20H28N2/c1-5-16(2)18(4)14-22(15-19-9-7-6-8-10-19)20-11-12-21-13-17(20)3/h5-10,14,21H,11-13,15H2,1-4H3/b16-5+,18-14+. The van der Waals surface area contributed by atoms with Gasteiger partial charge in [0.05, 0.1) is 0 Å². The molecule has 1 N–H and O–H groups in total. The molecule has 0 amide bonds. The fraction of sp³-hybridized carbons (Fsp3) is 0.400. The van der Waals surface area contributed by atoms with Crippen molar-refractivity contribution in [1.29, 1.82) is 0 Å². The smallest absolute Gasteiger partial charge is 0.0472 e. The molecule has 0 fully saturated rings. The fourth-order valence-electron chi connectivity index (χ4n) is 2.75. The van der Waals surface area contributed by atoms with Crippen LogP contribution in [0.15, 0.2) is 65.0 Å². The molecule has 1 aromatic rings. The molecule has 1 aromatic carbocycles. The summed E-state index contributed by atoms with van der Waals surface area (Å²) in [6.07, 6.45) is 5.58. The van der Waals surface area contributed by atoms with Crippen LogP contribution in [0.3, 0.4) is 0 Å². The van der Waals surface area contributed by atoms with Crippen molar-refractivity contribution < 1.29 is 0 Å². The molecule has 1 heterocycles. The maximum absolute atomic E-state index is 3.45. The van der Waals surface area contributed by atoms with Crippen LogP contribution in [0.25, 0.3) is 0 Å². The van der Waals surface area contributed by atoms with Crippen molar-refractivity contribution in [3.8, 4) is 0 Å². The molecule has 0 unspecified atom stereocenters.